The molecule has 0 amide bonds. The molecule has 1 radical (unpaired) electrons. The molecule has 0 N–H and O–H groups in total. The summed E-state index contributed by atoms with van der Waals surface area (Å²) in [6, 6.07) is 0. The maximum atomic E-state index is 3.98. The summed E-state index contributed by atoms with van der Waals surface area (Å²) in [6.45, 7) is 10.4. The number of unbranched alkanes of at least 4 members (excludes halogenated alkanes) is 1. The molecule has 0 nitrogen and oxygen atoms in total. The van der Waals surface area contributed by atoms with Gasteiger partial charge in [0, 0.05) is 0 Å². The molecule has 0 aliphatic carbocycles. The first-order valence-electron chi connectivity index (χ1n) is 4.82. The van der Waals surface area contributed by atoms with Crippen LogP contribution in [0.1, 0.15) is 40.0 Å². The normalized spacial score (nSPS) is 13.6. The number of rotatable bonds is 6. The van der Waals surface area contributed by atoms with Crippen molar-refractivity contribution in [1.82, 2.24) is 0 Å². The highest BCUT2D eigenvalue weighted by atomic mass is 14.1. The second-order valence-corrected chi connectivity index (χ2v) is 3.31. The lowest BCUT2D eigenvalue weighted by Gasteiger charge is -2.10. The van der Waals surface area contributed by atoms with Gasteiger partial charge in [-0.2, -0.15) is 0 Å². The Bertz CT molecular complexity index is 142. The second-order valence-electron chi connectivity index (χ2n) is 3.31. The summed E-state index contributed by atoms with van der Waals surface area (Å²) in [6.07, 6.45) is 10.3. The number of hydrogen-bond donors (Lipinski definition) is 0. The summed E-state index contributed by atoms with van der Waals surface area (Å²) in [5, 5.41) is 0. The predicted octanol–water partition coefficient (Wildman–Crippen LogP) is 4.15. The molecular weight excluding hydrogens is 144 g/mol. The van der Waals surface area contributed by atoms with Gasteiger partial charge in [0.05, 0.1) is 0 Å². The molecule has 0 rings (SSSR count). The van der Waals surface area contributed by atoms with Gasteiger partial charge in [-0.05, 0) is 32.1 Å². The molecule has 0 aromatic heterocycles. The van der Waals surface area contributed by atoms with Crippen LogP contribution in [-0.4, -0.2) is 0 Å². The zero-order chi connectivity index (χ0) is 9.40. The Morgan fingerprint density at radius 2 is 2.17 bits per heavy atom. The molecule has 1 unspecified atom stereocenters. The van der Waals surface area contributed by atoms with E-state index < -0.39 is 0 Å². The highest BCUT2D eigenvalue weighted by Crippen LogP contribution is 2.16. The van der Waals surface area contributed by atoms with Crippen LogP contribution in [-0.2, 0) is 0 Å². The van der Waals surface area contributed by atoms with Gasteiger partial charge in [0.15, 0.2) is 0 Å². The minimum absolute atomic E-state index is 0.557. The fourth-order valence-electron chi connectivity index (χ4n) is 1.13. The van der Waals surface area contributed by atoms with Gasteiger partial charge in [-0.15, -0.1) is 0 Å². The minimum Gasteiger partial charge on any atom is -0.0995 e. The zero-order valence-electron chi connectivity index (χ0n) is 8.64. The Balaban J connectivity index is 3.85. The van der Waals surface area contributed by atoms with Crippen molar-refractivity contribution in [2.45, 2.75) is 40.0 Å². The van der Waals surface area contributed by atoms with Crippen LogP contribution in [0.2, 0.25) is 0 Å². The molecule has 1 atom stereocenters. The summed E-state index contributed by atoms with van der Waals surface area (Å²) >= 11 is 0. The lowest BCUT2D eigenvalue weighted by Crippen LogP contribution is -1.96. The molecule has 0 fully saturated rings. The van der Waals surface area contributed by atoms with Crippen LogP contribution >= 0.6 is 0 Å². The van der Waals surface area contributed by atoms with E-state index in [0.717, 1.165) is 6.42 Å². The molecule has 0 heteroatoms. The van der Waals surface area contributed by atoms with E-state index in [0.29, 0.717) is 5.92 Å². The standard InChI is InChI=1S/C12H21/c1-5-7-8-10-12(9-6-2)11(3)4/h6,8,10,12H,3,5,7,9H2,1-2,4H3. The fourth-order valence-corrected chi connectivity index (χ4v) is 1.13. The molecule has 69 valence electrons. The summed E-state index contributed by atoms with van der Waals surface area (Å²) < 4.78 is 0. The van der Waals surface area contributed by atoms with Crippen molar-refractivity contribution in [3.8, 4) is 0 Å². The summed E-state index contributed by atoms with van der Waals surface area (Å²) in [7, 11) is 0. The quantitative estimate of drug-likeness (QED) is 0.519. The second kappa shape index (κ2) is 7.15. The lowest BCUT2D eigenvalue weighted by atomic mass is 9.96. The van der Waals surface area contributed by atoms with Gasteiger partial charge in [0.2, 0.25) is 0 Å². The van der Waals surface area contributed by atoms with Crippen LogP contribution < -0.4 is 0 Å². The van der Waals surface area contributed by atoms with Crippen molar-refractivity contribution in [3.05, 3.63) is 30.7 Å². The molecule has 0 heterocycles. The Kier molecular flexibility index (Phi) is 6.84. The van der Waals surface area contributed by atoms with Gasteiger partial charge in [-0.3, -0.25) is 0 Å². The van der Waals surface area contributed by atoms with E-state index in [4.69, 9.17) is 0 Å². The van der Waals surface area contributed by atoms with E-state index in [2.05, 4.69) is 45.9 Å². The maximum Gasteiger partial charge on any atom is -0.00261 e. The SMILES string of the molecule is C=C(C)C(C=CCCC)C[CH]C. The highest BCUT2D eigenvalue weighted by molar-refractivity contribution is 5.07. The van der Waals surface area contributed by atoms with Crippen molar-refractivity contribution in [2.24, 2.45) is 5.92 Å². The molecule has 0 saturated heterocycles. The summed E-state index contributed by atoms with van der Waals surface area (Å²) in [5.41, 5.74) is 1.26. The largest absolute Gasteiger partial charge is 0.0995 e. The van der Waals surface area contributed by atoms with Gasteiger partial charge < -0.3 is 0 Å². The first kappa shape index (κ1) is 11.5. The molecule has 12 heavy (non-hydrogen) atoms. The van der Waals surface area contributed by atoms with Crippen LogP contribution in [0.15, 0.2) is 24.3 Å². The Hall–Kier alpha value is -0.520. The summed E-state index contributed by atoms with van der Waals surface area (Å²) in [4.78, 5) is 0. The average Bonchev–Trinajstić information content (AvgIpc) is 2.03. The average molecular weight is 165 g/mol. The minimum atomic E-state index is 0.557. The van der Waals surface area contributed by atoms with E-state index in [1.807, 2.05) is 0 Å². The zero-order valence-corrected chi connectivity index (χ0v) is 8.64. The van der Waals surface area contributed by atoms with Gasteiger partial charge >= 0.3 is 0 Å². The molecule has 0 saturated carbocycles. The monoisotopic (exact) mass is 165 g/mol. The maximum absolute atomic E-state index is 3.98. The van der Waals surface area contributed by atoms with Crippen LogP contribution in [0.4, 0.5) is 0 Å². The van der Waals surface area contributed by atoms with E-state index in [1.54, 1.807) is 0 Å². The smallest absolute Gasteiger partial charge is 0.00261 e. The number of hydrogen-bond acceptors (Lipinski definition) is 0. The van der Waals surface area contributed by atoms with Crippen molar-refractivity contribution >= 4 is 0 Å². The van der Waals surface area contributed by atoms with E-state index in [1.165, 1.54) is 18.4 Å². The molecule has 0 aromatic rings. The Morgan fingerprint density at radius 3 is 2.58 bits per heavy atom. The predicted molar refractivity (Wildman–Crippen MR) is 56.9 cm³/mol. The lowest BCUT2D eigenvalue weighted by molar-refractivity contribution is 0.738. The number of allylic oxidation sites excluding steroid dienone is 3. The third kappa shape index (κ3) is 5.17. The summed E-state index contributed by atoms with van der Waals surface area (Å²) in [5.74, 6) is 0.557. The van der Waals surface area contributed by atoms with Crippen molar-refractivity contribution < 1.29 is 0 Å². The molecule has 0 aliphatic heterocycles. The first-order chi connectivity index (χ1) is 5.72. The van der Waals surface area contributed by atoms with Crippen LogP contribution in [0.5, 0.6) is 0 Å². The first-order valence-corrected chi connectivity index (χ1v) is 4.82. The Morgan fingerprint density at radius 1 is 1.50 bits per heavy atom. The van der Waals surface area contributed by atoms with Crippen molar-refractivity contribution in [2.75, 3.05) is 0 Å². The topological polar surface area (TPSA) is 0 Å². The van der Waals surface area contributed by atoms with E-state index in [-0.39, 0.29) is 0 Å². The third-order valence-electron chi connectivity index (χ3n) is 1.95. The van der Waals surface area contributed by atoms with Crippen LogP contribution in [0.3, 0.4) is 0 Å². The molecule has 0 aliphatic rings. The molecule has 0 bridgehead atoms. The van der Waals surface area contributed by atoms with Crippen molar-refractivity contribution in [1.29, 1.82) is 0 Å². The van der Waals surface area contributed by atoms with Gasteiger partial charge in [-0.25, -0.2) is 0 Å². The molecular formula is C12H21. The van der Waals surface area contributed by atoms with Gasteiger partial charge in [0.25, 0.3) is 0 Å². The van der Waals surface area contributed by atoms with E-state index >= 15 is 0 Å². The van der Waals surface area contributed by atoms with Crippen LogP contribution in [0.25, 0.3) is 0 Å². The van der Waals surface area contributed by atoms with E-state index in [9.17, 15) is 0 Å². The highest BCUT2D eigenvalue weighted by Gasteiger charge is 2.02. The molecule has 0 spiro atoms. The van der Waals surface area contributed by atoms with Crippen molar-refractivity contribution in [3.63, 3.8) is 0 Å². The third-order valence-corrected chi connectivity index (χ3v) is 1.95. The Labute approximate surface area is 77.4 Å². The van der Waals surface area contributed by atoms with Crippen LogP contribution in [0, 0.1) is 12.3 Å². The molecule has 0 aromatic carbocycles. The fraction of sp³-hybridized carbons (Fsp3) is 0.583. The van der Waals surface area contributed by atoms with Gasteiger partial charge in [-0.1, -0.05) is 44.6 Å². The van der Waals surface area contributed by atoms with Gasteiger partial charge in [0.1, 0.15) is 0 Å².